The van der Waals surface area contributed by atoms with Crippen molar-refractivity contribution in [3.05, 3.63) is 51.0 Å². The molecule has 3 fully saturated rings. The molecule has 5 N–H and O–H groups in total. The third-order valence-electron chi connectivity index (χ3n) is 8.11. The number of β-lactam (4-membered cyclic amide) rings is 1. The Kier molecular flexibility index (Phi) is 9.52. The van der Waals surface area contributed by atoms with Crippen LogP contribution >= 0.6 is 11.8 Å². The van der Waals surface area contributed by atoms with Gasteiger partial charge in [-0.2, -0.15) is 13.2 Å². The molecule has 0 bridgehead atoms. The predicted octanol–water partition coefficient (Wildman–Crippen LogP) is 1.79. The number of amides is 2. The Labute approximate surface area is 275 Å². The van der Waals surface area contributed by atoms with Crippen LogP contribution in [0, 0.1) is 11.6 Å². The van der Waals surface area contributed by atoms with Crippen LogP contribution in [0.15, 0.2) is 28.3 Å². The zero-order valence-electron chi connectivity index (χ0n) is 24.9. The second-order valence-electron chi connectivity index (χ2n) is 11.3. The minimum absolute atomic E-state index is 0.0239. The zero-order valence-corrected chi connectivity index (χ0v) is 25.7. The lowest BCUT2D eigenvalue weighted by atomic mass is 10.0. The van der Waals surface area contributed by atoms with Gasteiger partial charge in [0.25, 0.3) is 0 Å². The molecule has 0 unspecified atom stereocenters. The van der Waals surface area contributed by atoms with Gasteiger partial charge in [-0.1, -0.05) is 0 Å². The number of carboxylic acid groups (broad SMARTS) is 3. The van der Waals surface area contributed by atoms with Crippen molar-refractivity contribution in [2.45, 2.75) is 36.5 Å². The number of piperazine rings is 1. The van der Waals surface area contributed by atoms with Gasteiger partial charge < -0.3 is 40.2 Å². The van der Waals surface area contributed by atoms with Gasteiger partial charge in [0.05, 0.1) is 10.9 Å². The molecule has 0 spiro atoms. The number of nitrogens with two attached hydrogens (primary N) is 1. The van der Waals surface area contributed by atoms with Crippen molar-refractivity contribution >= 4 is 58.3 Å². The third kappa shape index (κ3) is 6.71. The van der Waals surface area contributed by atoms with Gasteiger partial charge in [-0.3, -0.25) is 14.5 Å². The maximum Gasteiger partial charge on any atom is 0.490 e. The SMILES string of the molecule is N[C@@H]1C(=O)N2C(C(=O)O)=C(COC(=O)N3CCN(c4c(F)cc5c(=O)c(C(=O)O)cn(C6CC6)c5c4F)CC3)CS[C@H]12.O=C(O)C(F)(F)F. The van der Waals surface area contributed by atoms with Gasteiger partial charge in [0.15, 0.2) is 5.82 Å². The van der Waals surface area contributed by atoms with Crippen molar-refractivity contribution in [3.8, 4) is 0 Å². The Morgan fingerprint density at radius 1 is 1.00 bits per heavy atom. The number of fused-ring (bicyclic) bond motifs is 2. The van der Waals surface area contributed by atoms with Gasteiger partial charge in [0.1, 0.15) is 40.8 Å². The van der Waals surface area contributed by atoms with Crippen LogP contribution in [0.1, 0.15) is 29.2 Å². The predicted molar refractivity (Wildman–Crippen MR) is 158 cm³/mol. The number of carbonyl (C=O) groups is 5. The first-order valence-electron chi connectivity index (χ1n) is 14.4. The van der Waals surface area contributed by atoms with Crippen molar-refractivity contribution in [2.24, 2.45) is 5.73 Å². The maximum absolute atomic E-state index is 15.9. The van der Waals surface area contributed by atoms with Gasteiger partial charge in [0, 0.05) is 49.7 Å². The molecule has 4 heterocycles. The Bertz CT molecular complexity index is 1860. The molecular weight excluding hydrogens is 693 g/mol. The topological polar surface area (TPSA) is 213 Å². The van der Waals surface area contributed by atoms with Gasteiger partial charge in [0.2, 0.25) is 11.3 Å². The number of aromatic nitrogens is 1. The molecular formula is C28H26F5N5O10S. The lowest BCUT2D eigenvalue weighted by molar-refractivity contribution is -0.192. The fraction of sp³-hybridized carbons (Fsp3) is 0.429. The van der Waals surface area contributed by atoms with Crippen molar-refractivity contribution in [2.75, 3.05) is 43.4 Å². The molecule has 6 rings (SSSR count). The number of halogens is 5. The molecule has 2 atom stereocenters. The molecule has 49 heavy (non-hydrogen) atoms. The number of ether oxygens (including phenoxy) is 1. The average molecular weight is 720 g/mol. The van der Waals surface area contributed by atoms with Crippen LogP contribution in [0.4, 0.5) is 32.4 Å². The number of hydrogen-bond donors (Lipinski definition) is 4. The third-order valence-corrected chi connectivity index (χ3v) is 9.47. The van der Waals surface area contributed by atoms with Crippen molar-refractivity contribution in [1.82, 2.24) is 14.4 Å². The molecule has 21 heteroatoms. The minimum Gasteiger partial charge on any atom is -0.477 e. The Morgan fingerprint density at radius 2 is 1.61 bits per heavy atom. The molecule has 3 aliphatic heterocycles. The maximum atomic E-state index is 15.9. The Balaban J connectivity index is 0.000000606. The van der Waals surface area contributed by atoms with Crippen molar-refractivity contribution < 1.29 is 66.0 Å². The molecule has 15 nitrogen and oxygen atoms in total. The monoisotopic (exact) mass is 719 g/mol. The first-order chi connectivity index (χ1) is 22.9. The number of anilines is 1. The Morgan fingerprint density at radius 3 is 2.14 bits per heavy atom. The van der Waals surface area contributed by atoms with Crippen molar-refractivity contribution in [3.63, 3.8) is 0 Å². The number of pyridine rings is 1. The summed E-state index contributed by atoms with van der Waals surface area (Å²) in [6.45, 7) is -0.245. The summed E-state index contributed by atoms with van der Waals surface area (Å²) in [7, 11) is 0. The van der Waals surface area contributed by atoms with Crippen LogP contribution in [0.5, 0.6) is 0 Å². The van der Waals surface area contributed by atoms with Crippen molar-refractivity contribution in [1.29, 1.82) is 0 Å². The number of carbonyl (C=O) groups excluding carboxylic acids is 2. The number of aromatic carboxylic acids is 1. The molecule has 1 saturated carbocycles. The number of carboxylic acids is 3. The second-order valence-corrected chi connectivity index (χ2v) is 12.4. The molecule has 4 aliphatic rings. The first kappa shape index (κ1) is 35.4. The fourth-order valence-corrected chi connectivity index (χ4v) is 6.83. The highest BCUT2D eigenvalue weighted by Gasteiger charge is 2.52. The van der Waals surface area contributed by atoms with E-state index in [4.69, 9.17) is 20.4 Å². The number of rotatable bonds is 6. The summed E-state index contributed by atoms with van der Waals surface area (Å²) in [5.74, 6) is -7.88. The van der Waals surface area contributed by atoms with E-state index in [9.17, 15) is 47.4 Å². The zero-order chi connectivity index (χ0) is 36.1. The number of benzene rings is 1. The minimum atomic E-state index is -5.08. The largest absolute Gasteiger partial charge is 0.490 e. The highest BCUT2D eigenvalue weighted by atomic mass is 32.2. The van der Waals surface area contributed by atoms with E-state index in [1.165, 1.54) is 26.1 Å². The number of nitrogens with zero attached hydrogens (tertiary/aromatic N) is 4. The normalized spacial score (nSPS) is 20.7. The summed E-state index contributed by atoms with van der Waals surface area (Å²) in [5.41, 5.74) is 3.67. The van der Waals surface area contributed by atoms with E-state index in [0.29, 0.717) is 12.8 Å². The van der Waals surface area contributed by atoms with E-state index in [2.05, 4.69) is 0 Å². The molecule has 2 aromatic rings. The average Bonchev–Trinajstić information content (AvgIpc) is 3.89. The second kappa shape index (κ2) is 13.2. The van der Waals surface area contributed by atoms with Crippen LogP contribution in [0.3, 0.4) is 0 Å². The molecule has 264 valence electrons. The molecule has 1 aromatic carbocycles. The van der Waals surface area contributed by atoms with E-state index in [0.717, 1.165) is 17.2 Å². The summed E-state index contributed by atoms with van der Waals surface area (Å²) in [6, 6.07) is -0.129. The van der Waals surface area contributed by atoms with Gasteiger partial charge in [-0.25, -0.2) is 28.0 Å². The standard InChI is InChI=1S/C26H25F2N5O8S.C2HF3O2/c27-15-7-13-19(32(12-1-2-12)8-14(21(13)34)24(36)37)16(28)20(15)30-3-5-31(6-4-30)26(40)41-9-11-10-42-23-17(29)22(35)33(23)18(11)25(38)39;3-2(4,5)1(6)7/h7-8,12,17,23H,1-6,9-10,29H2,(H,36,37)(H,38,39);(H,6,7)/t17-,23-;/m1./s1. The van der Waals surface area contributed by atoms with Crippen LogP contribution in [-0.2, 0) is 19.1 Å². The quantitative estimate of drug-likeness (QED) is 0.248. The van der Waals surface area contributed by atoms with Crippen LogP contribution in [-0.4, -0.2) is 116 Å². The van der Waals surface area contributed by atoms with Gasteiger partial charge >= 0.3 is 30.2 Å². The first-order valence-corrected chi connectivity index (χ1v) is 15.4. The summed E-state index contributed by atoms with van der Waals surface area (Å²) in [5, 5.41) is 25.3. The Hall–Kier alpha value is -4.92. The summed E-state index contributed by atoms with van der Waals surface area (Å²) < 4.78 is 69.6. The molecule has 1 aromatic heterocycles. The van der Waals surface area contributed by atoms with E-state index in [1.807, 2.05) is 0 Å². The summed E-state index contributed by atoms with van der Waals surface area (Å²) in [6.07, 6.45) is -3.41. The van der Waals surface area contributed by atoms with Crippen LogP contribution < -0.4 is 16.1 Å². The molecule has 0 radical (unpaired) electrons. The number of aliphatic carboxylic acids is 2. The number of thioether (sulfide) groups is 1. The molecule has 2 amide bonds. The summed E-state index contributed by atoms with van der Waals surface area (Å²) in [4.78, 5) is 73.7. The van der Waals surface area contributed by atoms with E-state index in [1.54, 1.807) is 0 Å². The lowest BCUT2D eigenvalue weighted by Gasteiger charge is -2.47. The lowest BCUT2D eigenvalue weighted by Crippen LogP contribution is -2.68. The summed E-state index contributed by atoms with van der Waals surface area (Å²) >= 11 is 1.28. The smallest absolute Gasteiger partial charge is 0.477 e. The van der Waals surface area contributed by atoms with Gasteiger partial charge in [-0.05, 0) is 18.9 Å². The van der Waals surface area contributed by atoms with E-state index in [-0.39, 0.29) is 72.4 Å². The van der Waals surface area contributed by atoms with E-state index < -0.39 is 70.1 Å². The molecule has 2 saturated heterocycles. The van der Waals surface area contributed by atoms with Crippen LogP contribution in [0.25, 0.3) is 10.9 Å². The van der Waals surface area contributed by atoms with Crippen LogP contribution in [0.2, 0.25) is 0 Å². The number of alkyl halides is 3. The highest BCUT2D eigenvalue weighted by molar-refractivity contribution is 8.00. The highest BCUT2D eigenvalue weighted by Crippen LogP contribution is 2.41. The van der Waals surface area contributed by atoms with E-state index >= 15 is 8.78 Å². The number of hydrogen-bond acceptors (Lipinski definition) is 10. The fourth-order valence-electron chi connectivity index (χ4n) is 5.56. The molecule has 1 aliphatic carbocycles. The van der Waals surface area contributed by atoms with Gasteiger partial charge in [-0.15, -0.1) is 11.8 Å².